The van der Waals surface area contributed by atoms with E-state index in [2.05, 4.69) is 5.32 Å². The van der Waals surface area contributed by atoms with Gasteiger partial charge in [-0.1, -0.05) is 6.07 Å². The van der Waals surface area contributed by atoms with Crippen LogP contribution in [0.25, 0.3) is 6.08 Å². The molecule has 0 unspecified atom stereocenters. The van der Waals surface area contributed by atoms with Crippen molar-refractivity contribution >= 4 is 24.4 Å². The summed E-state index contributed by atoms with van der Waals surface area (Å²) in [6.07, 6.45) is 3.54. The molecule has 0 aliphatic carbocycles. The van der Waals surface area contributed by atoms with E-state index in [-0.39, 0.29) is 11.5 Å². The van der Waals surface area contributed by atoms with Gasteiger partial charge in [-0.2, -0.15) is 0 Å². The van der Waals surface area contributed by atoms with E-state index in [9.17, 15) is 14.4 Å². The Morgan fingerprint density at radius 1 is 1.11 bits per heavy atom. The zero-order valence-electron chi connectivity index (χ0n) is 10.5. The second kappa shape index (κ2) is 6.95. The second-order valence-corrected chi connectivity index (χ2v) is 3.51. The molecule has 0 radical (unpaired) electrons. The molecule has 1 aromatic rings. The molecule has 1 aromatic carbocycles. The highest BCUT2D eigenvalue weighted by atomic mass is 16.6. The average Bonchev–Trinajstić information content (AvgIpc) is 2.31. The van der Waals surface area contributed by atoms with E-state index in [0.29, 0.717) is 12.0 Å². The van der Waals surface area contributed by atoms with Crippen LogP contribution in [0.2, 0.25) is 0 Å². The van der Waals surface area contributed by atoms with Gasteiger partial charge in [0.15, 0.2) is 11.5 Å². The van der Waals surface area contributed by atoms with Crippen LogP contribution in [-0.2, 0) is 14.4 Å². The Bertz CT molecular complexity index is 522. The van der Waals surface area contributed by atoms with Crippen LogP contribution < -0.4 is 14.8 Å². The zero-order chi connectivity index (χ0) is 14.3. The molecule has 0 saturated carbocycles. The molecule has 0 fully saturated rings. The summed E-state index contributed by atoms with van der Waals surface area (Å²) in [5.41, 5.74) is 0.668. The molecule has 1 N–H and O–H groups in total. The Balaban J connectivity index is 3.03. The quantitative estimate of drug-likeness (QED) is 0.491. The Kier molecular flexibility index (Phi) is 5.28. The number of ether oxygens (including phenoxy) is 2. The number of carbonyl (C=O) groups excluding carboxylic acids is 3. The van der Waals surface area contributed by atoms with Crippen molar-refractivity contribution < 1.29 is 23.9 Å². The molecule has 0 aliphatic heterocycles. The third-order valence-corrected chi connectivity index (χ3v) is 1.92. The molecule has 0 spiro atoms. The van der Waals surface area contributed by atoms with Gasteiger partial charge >= 0.3 is 11.9 Å². The lowest BCUT2D eigenvalue weighted by Gasteiger charge is -2.09. The predicted molar refractivity (Wildman–Crippen MR) is 67.3 cm³/mol. The lowest BCUT2D eigenvalue weighted by Crippen LogP contribution is -2.07. The predicted octanol–water partition coefficient (Wildman–Crippen LogP) is 1.25. The lowest BCUT2D eigenvalue weighted by molar-refractivity contribution is -0.134. The van der Waals surface area contributed by atoms with Gasteiger partial charge in [-0.15, -0.1) is 0 Å². The van der Waals surface area contributed by atoms with Crippen LogP contribution in [-0.4, -0.2) is 18.3 Å². The molecule has 100 valence electrons. The number of amides is 1. The highest BCUT2D eigenvalue weighted by Gasteiger charge is 2.10. The number of carbonyl (C=O) groups is 3. The van der Waals surface area contributed by atoms with Crippen LogP contribution in [0.5, 0.6) is 11.5 Å². The van der Waals surface area contributed by atoms with Crippen molar-refractivity contribution in [1.29, 1.82) is 0 Å². The summed E-state index contributed by atoms with van der Waals surface area (Å²) >= 11 is 0. The SMILES string of the molecule is CC(=O)Oc1ccc(C=CNC=O)cc1OC(C)=O. The first-order valence-electron chi connectivity index (χ1n) is 5.40. The van der Waals surface area contributed by atoms with Gasteiger partial charge in [-0.05, 0) is 23.8 Å². The van der Waals surface area contributed by atoms with Gasteiger partial charge < -0.3 is 14.8 Å². The summed E-state index contributed by atoms with van der Waals surface area (Å²) in [6.45, 7) is 2.49. The van der Waals surface area contributed by atoms with Crippen molar-refractivity contribution in [2.45, 2.75) is 13.8 Å². The minimum absolute atomic E-state index is 0.135. The number of hydrogen-bond donors (Lipinski definition) is 1. The van der Waals surface area contributed by atoms with Crippen LogP contribution in [0, 0.1) is 0 Å². The van der Waals surface area contributed by atoms with Crippen LogP contribution in [0.1, 0.15) is 19.4 Å². The van der Waals surface area contributed by atoms with E-state index in [1.807, 2.05) is 0 Å². The van der Waals surface area contributed by atoms with Crippen LogP contribution in [0.15, 0.2) is 24.4 Å². The maximum atomic E-state index is 11.0. The summed E-state index contributed by atoms with van der Waals surface area (Å²) in [5, 5.41) is 2.35. The van der Waals surface area contributed by atoms with Crippen molar-refractivity contribution in [3.63, 3.8) is 0 Å². The molecule has 0 aromatic heterocycles. The summed E-state index contributed by atoms with van der Waals surface area (Å²) in [4.78, 5) is 32.0. The molecule has 6 nitrogen and oxygen atoms in total. The number of benzene rings is 1. The minimum Gasteiger partial charge on any atom is -0.423 e. The molecule has 0 saturated heterocycles. The van der Waals surface area contributed by atoms with Gasteiger partial charge in [-0.25, -0.2) is 0 Å². The van der Waals surface area contributed by atoms with E-state index in [4.69, 9.17) is 9.47 Å². The first-order chi connectivity index (χ1) is 9.02. The molecule has 19 heavy (non-hydrogen) atoms. The first kappa shape index (κ1) is 14.4. The maximum absolute atomic E-state index is 11.0. The van der Waals surface area contributed by atoms with Crippen molar-refractivity contribution in [3.8, 4) is 11.5 Å². The van der Waals surface area contributed by atoms with Crippen LogP contribution in [0.4, 0.5) is 0 Å². The third-order valence-electron chi connectivity index (χ3n) is 1.92. The molecule has 0 heterocycles. The average molecular weight is 263 g/mol. The van der Waals surface area contributed by atoms with E-state index < -0.39 is 11.9 Å². The zero-order valence-corrected chi connectivity index (χ0v) is 10.5. The molecular weight excluding hydrogens is 250 g/mol. The largest absolute Gasteiger partial charge is 0.423 e. The summed E-state index contributed by atoms with van der Waals surface area (Å²) in [7, 11) is 0. The fourth-order valence-electron chi connectivity index (χ4n) is 1.29. The third kappa shape index (κ3) is 5.03. The first-order valence-corrected chi connectivity index (χ1v) is 5.40. The molecular formula is C13H13NO5. The Morgan fingerprint density at radius 2 is 1.74 bits per heavy atom. The smallest absolute Gasteiger partial charge is 0.308 e. The van der Waals surface area contributed by atoms with E-state index >= 15 is 0 Å². The molecule has 0 atom stereocenters. The Morgan fingerprint density at radius 3 is 2.32 bits per heavy atom. The van der Waals surface area contributed by atoms with E-state index in [1.54, 1.807) is 12.1 Å². The highest BCUT2D eigenvalue weighted by Crippen LogP contribution is 2.29. The van der Waals surface area contributed by atoms with Crippen molar-refractivity contribution in [2.24, 2.45) is 0 Å². The normalized spacial score (nSPS) is 10.0. The molecule has 1 rings (SSSR count). The summed E-state index contributed by atoms with van der Waals surface area (Å²) in [5.74, 6) is -0.751. The number of rotatable bonds is 5. The Hall–Kier alpha value is -2.63. The monoisotopic (exact) mass is 263 g/mol. The van der Waals surface area contributed by atoms with Gasteiger partial charge in [0, 0.05) is 20.0 Å². The molecule has 0 bridgehead atoms. The number of nitrogens with one attached hydrogen (secondary N) is 1. The molecule has 1 amide bonds. The van der Waals surface area contributed by atoms with E-state index in [0.717, 1.165) is 0 Å². The van der Waals surface area contributed by atoms with Gasteiger partial charge in [0.1, 0.15) is 0 Å². The van der Waals surface area contributed by atoms with E-state index in [1.165, 1.54) is 32.2 Å². The molecule has 6 heteroatoms. The number of hydrogen-bond acceptors (Lipinski definition) is 5. The maximum Gasteiger partial charge on any atom is 0.308 e. The standard InChI is InChI=1S/C13H13NO5/c1-9(16)18-12-4-3-11(5-6-14-8-15)7-13(12)19-10(2)17/h3-8H,1-2H3,(H,14,15). The molecule has 0 aliphatic rings. The fourth-order valence-corrected chi connectivity index (χ4v) is 1.29. The number of esters is 2. The van der Waals surface area contributed by atoms with Crippen LogP contribution in [0.3, 0.4) is 0 Å². The lowest BCUT2D eigenvalue weighted by atomic mass is 10.2. The van der Waals surface area contributed by atoms with Gasteiger partial charge in [-0.3, -0.25) is 14.4 Å². The fraction of sp³-hybridized carbons (Fsp3) is 0.154. The summed E-state index contributed by atoms with van der Waals surface area (Å²) < 4.78 is 9.87. The minimum atomic E-state index is -0.527. The van der Waals surface area contributed by atoms with Gasteiger partial charge in [0.2, 0.25) is 6.41 Å². The van der Waals surface area contributed by atoms with Crippen LogP contribution >= 0.6 is 0 Å². The van der Waals surface area contributed by atoms with Crippen molar-refractivity contribution in [3.05, 3.63) is 30.0 Å². The van der Waals surface area contributed by atoms with Crippen molar-refractivity contribution in [2.75, 3.05) is 0 Å². The van der Waals surface area contributed by atoms with Crippen molar-refractivity contribution in [1.82, 2.24) is 5.32 Å². The second-order valence-electron chi connectivity index (χ2n) is 3.51. The highest BCUT2D eigenvalue weighted by molar-refractivity contribution is 5.74. The Labute approximate surface area is 110 Å². The topological polar surface area (TPSA) is 81.7 Å². The summed E-state index contributed by atoms with van der Waals surface area (Å²) in [6, 6.07) is 4.66. The van der Waals surface area contributed by atoms with Gasteiger partial charge in [0.05, 0.1) is 0 Å². The van der Waals surface area contributed by atoms with Gasteiger partial charge in [0.25, 0.3) is 0 Å².